The molecule has 4 heteroatoms. The van der Waals surface area contributed by atoms with E-state index in [4.69, 9.17) is 5.26 Å². The summed E-state index contributed by atoms with van der Waals surface area (Å²) in [5, 5.41) is 8.96. The van der Waals surface area contributed by atoms with Gasteiger partial charge in [0.2, 0.25) is 0 Å². The Hall–Kier alpha value is -1.63. The molecule has 0 spiro atoms. The summed E-state index contributed by atoms with van der Waals surface area (Å²) in [6.45, 7) is 0.486. The van der Waals surface area contributed by atoms with Crippen LogP contribution in [-0.4, -0.2) is 19.0 Å². The normalized spacial score (nSPS) is 22.1. The predicted octanol–water partition coefficient (Wildman–Crippen LogP) is 3.67. The number of alkyl halides is 2. The fourth-order valence-electron chi connectivity index (χ4n) is 2.80. The van der Waals surface area contributed by atoms with Gasteiger partial charge in [0.1, 0.15) is 0 Å². The van der Waals surface area contributed by atoms with E-state index >= 15 is 0 Å². The zero-order chi connectivity index (χ0) is 13.5. The first-order valence-corrected chi connectivity index (χ1v) is 6.76. The van der Waals surface area contributed by atoms with Crippen LogP contribution in [0.2, 0.25) is 0 Å². The van der Waals surface area contributed by atoms with E-state index in [1.165, 1.54) is 0 Å². The van der Waals surface area contributed by atoms with Crippen molar-refractivity contribution in [2.24, 2.45) is 0 Å². The number of halogens is 2. The van der Waals surface area contributed by atoms with Gasteiger partial charge in [0, 0.05) is 18.7 Å². The average molecular weight is 262 g/mol. The molecule has 19 heavy (non-hydrogen) atoms. The quantitative estimate of drug-likeness (QED) is 0.813. The summed E-state index contributed by atoms with van der Waals surface area (Å²) in [4.78, 5) is 1.79. The minimum atomic E-state index is -2.59. The molecule has 1 aromatic carbocycles. The Morgan fingerprint density at radius 2 is 2.11 bits per heavy atom. The minimum Gasteiger partial charge on any atom is -0.365 e. The molecule has 0 unspecified atom stereocenters. The molecule has 1 saturated heterocycles. The van der Waals surface area contributed by atoms with E-state index in [0.29, 0.717) is 24.4 Å². The topological polar surface area (TPSA) is 27.0 Å². The van der Waals surface area contributed by atoms with E-state index in [1.807, 2.05) is 12.1 Å². The molecule has 1 saturated carbocycles. The molecule has 100 valence electrons. The lowest BCUT2D eigenvalue weighted by molar-refractivity contribution is -0.0117. The molecule has 1 aliphatic carbocycles. The molecule has 0 bridgehead atoms. The van der Waals surface area contributed by atoms with Gasteiger partial charge in [0.05, 0.1) is 18.2 Å². The highest BCUT2D eigenvalue weighted by molar-refractivity contribution is 5.59. The van der Waals surface area contributed by atoms with Crippen molar-refractivity contribution in [2.45, 2.75) is 37.5 Å². The summed E-state index contributed by atoms with van der Waals surface area (Å²) in [5.74, 6) is -2.13. The number of hydrogen-bond acceptors (Lipinski definition) is 2. The Kier molecular flexibility index (Phi) is 2.93. The maximum absolute atomic E-state index is 13.5. The summed E-state index contributed by atoms with van der Waals surface area (Å²) in [7, 11) is 0. The van der Waals surface area contributed by atoms with Gasteiger partial charge in [-0.25, -0.2) is 8.78 Å². The Labute approximate surface area is 111 Å². The molecule has 0 amide bonds. The number of anilines is 1. The summed E-state index contributed by atoms with van der Waals surface area (Å²) in [6.07, 6.45) is 2.72. The van der Waals surface area contributed by atoms with Crippen LogP contribution in [0.1, 0.15) is 42.7 Å². The molecule has 0 radical (unpaired) electrons. The highest BCUT2D eigenvalue weighted by atomic mass is 19.3. The highest BCUT2D eigenvalue weighted by Gasteiger charge is 2.37. The van der Waals surface area contributed by atoms with Crippen LogP contribution in [0, 0.1) is 11.3 Å². The molecule has 1 heterocycles. The lowest BCUT2D eigenvalue weighted by atomic mass is 10.0. The monoisotopic (exact) mass is 262 g/mol. The maximum atomic E-state index is 13.5. The number of hydrogen-bond donors (Lipinski definition) is 0. The van der Waals surface area contributed by atoms with E-state index in [0.717, 1.165) is 24.1 Å². The third kappa shape index (κ3) is 2.56. The molecule has 0 N–H and O–H groups in total. The highest BCUT2D eigenvalue weighted by Crippen LogP contribution is 2.45. The first-order chi connectivity index (χ1) is 9.09. The maximum Gasteiger partial charge on any atom is 0.265 e. The Morgan fingerprint density at radius 1 is 1.32 bits per heavy atom. The van der Waals surface area contributed by atoms with Gasteiger partial charge in [-0.2, -0.15) is 5.26 Å². The third-order valence-electron chi connectivity index (χ3n) is 3.91. The summed E-state index contributed by atoms with van der Waals surface area (Å²) >= 11 is 0. The molecule has 2 fully saturated rings. The van der Waals surface area contributed by atoms with Crippen LogP contribution >= 0.6 is 0 Å². The van der Waals surface area contributed by atoms with Crippen LogP contribution in [0.5, 0.6) is 0 Å². The zero-order valence-corrected chi connectivity index (χ0v) is 10.7. The average Bonchev–Trinajstić information content (AvgIpc) is 3.21. The van der Waals surface area contributed by atoms with Crippen molar-refractivity contribution in [3.05, 3.63) is 29.3 Å². The van der Waals surface area contributed by atoms with Crippen LogP contribution in [0.4, 0.5) is 14.5 Å². The number of rotatable bonds is 2. The van der Waals surface area contributed by atoms with Gasteiger partial charge >= 0.3 is 0 Å². The van der Waals surface area contributed by atoms with E-state index in [-0.39, 0.29) is 13.0 Å². The summed E-state index contributed by atoms with van der Waals surface area (Å²) < 4.78 is 27.1. The van der Waals surface area contributed by atoms with Crippen molar-refractivity contribution in [3.8, 4) is 6.07 Å². The van der Waals surface area contributed by atoms with Gasteiger partial charge in [-0.1, -0.05) is 0 Å². The van der Waals surface area contributed by atoms with Crippen molar-refractivity contribution in [1.82, 2.24) is 0 Å². The zero-order valence-electron chi connectivity index (χ0n) is 10.7. The molecule has 3 rings (SSSR count). The molecule has 2 nitrogen and oxygen atoms in total. The van der Waals surface area contributed by atoms with Crippen molar-refractivity contribution >= 4 is 5.69 Å². The van der Waals surface area contributed by atoms with Crippen molar-refractivity contribution < 1.29 is 8.78 Å². The number of nitriles is 1. The van der Waals surface area contributed by atoms with Gasteiger partial charge in [0.15, 0.2) is 0 Å². The van der Waals surface area contributed by atoms with Crippen LogP contribution in [0.3, 0.4) is 0 Å². The molecule has 2 aliphatic rings. The Bertz CT molecular complexity index is 529. The predicted molar refractivity (Wildman–Crippen MR) is 69.5 cm³/mol. The fraction of sp³-hybridized carbons (Fsp3) is 0.533. The Balaban J connectivity index is 1.93. The summed E-state index contributed by atoms with van der Waals surface area (Å²) in [5.41, 5.74) is 2.60. The van der Waals surface area contributed by atoms with Crippen molar-refractivity contribution in [3.63, 3.8) is 0 Å². The molecular formula is C15H16F2N2. The van der Waals surface area contributed by atoms with E-state index in [2.05, 4.69) is 6.07 Å². The molecule has 0 atom stereocenters. The van der Waals surface area contributed by atoms with Crippen molar-refractivity contribution in [2.75, 3.05) is 18.0 Å². The van der Waals surface area contributed by atoms with Crippen molar-refractivity contribution in [1.29, 1.82) is 5.26 Å². The molecule has 1 aliphatic heterocycles. The van der Waals surface area contributed by atoms with Gasteiger partial charge < -0.3 is 4.90 Å². The second-order valence-electron chi connectivity index (χ2n) is 5.54. The van der Waals surface area contributed by atoms with E-state index < -0.39 is 5.92 Å². The van der Waals surface area contributed by atoms with Gasteiger partial charge in [-0.3, -0.25) is 0 Å². The first kappa shape index (κ1) is 12.4. The third-order valence-corrected chi connectivity index (χ3v) is 3.91. The number of benzene rings is 1. The van der Waals surface area contributed by atoms with E-state index in [9.17, 15) is 8.78 Å². The van der Waals surface area contributed by atoms with E-state index in [1.54, 1.807) is 11.0 Å². The Morgan fingerprint density at radius 3 is 2.74 bits per heavy atom. The molecular weight excluding hydrogens is 246 g/mol. The second kappa shape index (κ2) is 4.48. The van der Waals surface area contributed by atoms with Crippen LogP contribution in [0.25, 0.3) is 0 Å². The SMILES string of the molecule is N#Cc1ccc(N2CCCC(F)(F)C2)c(C2CC2)c1. The number of nitrogens with zero attached hydrogens (tertiary/aromatic N) is 2. The second-order valence-corrected chi connectivity index (χ2v) is 5.54. The molecule has 0 aromatic heterocycles. The summed E-state index contributed by atoms with van der Waals surface area (Å²) in [6, 6.07) is 7.58. The lowest BCUT2D eigenvalue weighted by Gasteiger charge is -2.35. The van der Waals surface area contributed by atoms with Gasteiger partial charge in [0.25, 0.3) is 5.92 Å². The minimum absolute atomic E-state index is 0.0153. The smallest absolute Gasteiger partial charge is 0.265 e. The first-order valence-electron chi connectivity index (χ1n) is 6.76. The standard InChI is InChI=1S/C15H16F2N2/c16-15(17)6-1-7-19(10-15)14-5-2-11(9-18)8-13(14)12-3-4-12/h2,5,8,12H,1,3-4,6-7,10H2. The largest absolute Gasteiger partial charge is 0.365 e. The van der Waals surface area contributed by atoms with Crippen LogP contribution in [0.15, 0.2) is 18.2 Å². The molecule has 1 aromatic rings. The van der Waals surface area contributed by atoms with Crippen LogP contribution < -0.4 is 4.90 Å². The fourth-order valence-corrected chi connectivity index (χ4v) is 2.80. The van der Waals surface area contributed by atoms with Gasteiger partial charge in [-0.05, 0) is 48.9 Å². The lowest BCUT2D eigenvalue weighted by Crippen LogP contribution is -2.43. The van der Waals surface area contributed by atoms with Gasteiger partial charge in [-0.15, -0.1) is 0 Å². The number of piperidine rings is 1. The van der Waals surface area contributed by atoms with Crippen LogP contribution in [-0.2, 0) is 0 Å².